The molecule has 232 valence electrons. The molecule has 0 saturated carbocycles. The van der Waals surface area contributed by atoms with Gasteiger partial charge in [0.1, 0.15) is 18.5 Å². The molecule has 2 N–H and O–H groups in total. The van der Waals surface area contributed by atoms with Crippen LogP contribution in [-0.4, -0.2) is 62.6 Å². The summed E-state index contributed by atoms with van der Waals surface area (Å²) in [5, 5.41) is 5.65. The third-order valence-electron chi connectivity index (χ3n) is 7.40. The number of nitrogens with zero attached hydrogens (tertiary/aromatic N) is 4. The zero-order chi connectivity index (χ0) is 31.3. The van der Waals surface area contributed by atoms with Crippen molar-refractivity contribution in [2.45, 2.75) is 78.3 Å². The quantitative estimate of drug-likeness (QED) is 0.264. The molecule has 11 nitrogen and oxygen atoms in total. The summed E-state index contributed by atoms with van der Waals surface area (Å²) in [6, 6.07) is 9.16. The average molecular weight is 597 g/mol. The van der Waals surface area contributed by atoms with Crippen LogP contribution in [0.3, 0.4) is 0 Å². The molecule has 0 radical (unpaired) electrons. The fourth-order valence-corrected chi connectivity index (χ4v) is 5.40. The maximum Gasteiger partial charge on any atom is 0.310 e. The molecule has 0 unspecified atom stereocenters. The smallest absolute Gasteiger partial charge is 0.310 e. The van der Waals surface area contributed by atoms with E-state index < -0.39 is 29.9 Å². The molecule has 0 spiro atoms. The number of anilines is 2. The molecule has 4 rings (SSSR count). The van der Waals surface area contributed by atoms with Crippen LogP contribution in [0.2, 0.25) is 0 Å². The number of amides is 1. The molecule has 3 aromatic rings. The Balaban J connectivity index is 1.63. The van der Waals surface area contributed by atoms with Gasteiger partial charge in [-0.3, -0.25) is 24.3 Å². The second-order valence-electron chi connectivity index (χ2n) is 12.1. The van der Waals surface area contributed by atoms with Crippen LogP contribution in [0.25, 0.3) is 11.2 Å². The summed E-state index contributed by atoms with van der Waals surface area (Å²) in [5.74, 6) is -1.11. The molecule has 1 aliphatic rings. The van der Waals surface area contributed by atoms with Crippen molar-refractivity contribution < 1.29 is 28.2 Å². The first kappa shape index (κ1) is 32.0. The fourth-order valence-electron chi connectivity index (χ4n) is 5.40. The second kappa shape index (κ2) is 13.6. The third-order valence-corrected chi connectivity index (χ3v) is 7.40. The number of ether oxygens (including phenoxy) is 2. The standard InChI is InChI=1S/C31H41FN6O5/c1-18(2)12-21(39)15-22-23(16-42-25(41)14-20-10-8-7-9-11-20)43-29(31(22,5)32)38-17-34-26-27(33-6)36-30(37-28(26)38)35-24(40)13-19(3)4/h7-11,17-19,22-23,29H,12-16H2,1-6H3,(H2,33,35,36,37,40)/t22-,23-,29-,31-/m1/s1. The number of hydrogen-bond donors (Lipinski definition) is 2. The Morgan fingerprint density at radius 2 is 1.79 bits per heavy atom. The highest BCUT2D eigenvalue weighted by Gasteiger charge is 2.56. The van der Waals surface area contributed by atoms with Crippen molar-refractivity contribution in [3.05, 3.63) is 42.2 Å². The van der Waals surface area contributed by atoms with Crippen molar-refractivity contribution in [2.24, 2.45) is 17.8 Å². The van der Waals surface area contributed by atoms with Crippen molar-refractivity contribution in [3.63, 3.8) is 0 Å². The number of fused-ring (bicyclic) bond motifs is 1. The lowest BCUT2D eigenvalue weighted by Gasteiger charge is -2.28. The number of carbonyl (C=O) groups excluding carboxylic acids is 3. The molecule has 1 saturated heterocycles. The van der Waals surface area contributed by atoms with Gasteiger partial charge in [-0.25, -0.2) is 9.37 Å². The number of Topliss-reactive ketones (excluding diaryl/α,β-unsaturated/α-hetero) is 1. The van der Waals surface area contributed by atoms with E-state index in [0.29, 0.717) is 17.8 Å². The van der Waals surface area contributed by atoms with Crippen LogP contribution in [0, 0.1) is 17.8 Å². The lowest BCUT2D eigenvalue weighted by atomic mass is 9.82. The van der Waals surface area contributed by atoms with E-state index >= 15 is 4.39 Å². The van der Waals surface area contributed by atoms with E-state index in [1.807, 2.05) is 58.0 Å². The highest BCUT2D eigenvalue weighted by molar-refractivity contribution is 5.91. The Bertz CT molecular complexity index is 1440. The van der Waals surface area contributed by atoms with Crippen LogP contribution < -0.4 is 10.6 Å². The van der Waals surface area contributed by atoms with Gasteiger partial charge in [-0.15, -0.1) is 0 Å². The first-order valence-electron chi connectivity index (χ1n) is 14.7. The van der Waals surface area contributed by atoms with Gasteiger partial charge in [0, 0.05) is 32.2 Å². The summed E-state index contributed by atoms with van der Waals surface area (Å²) in [7, 11) is 1.65. The Kier molecular flexibility index (Phi) is 10.1. The number of aromatic nitrogens is 4. The highest BCUT2D eigenvalue weighted by atomic mass is 19.1. The van der Waals surface area contributed by atoms with E-state index in [1.165, 1.54) is 17.8 Å². The zero-order valence-corrected chi connectivity index (χ0v) is 25.6. The van der Waals surface area contributed by atoms with Crippen LogP contribution in [0.15, 0.2) is 36.7 Å². The Labute approximate surface area is 251 Å². The van der Waals surface area contributed by atoms with Gasteiger partial charge < -0.3 is 14.8 Å². The highest BCUT2D eigenvalue weighted by Crippen LogP contribution is 2.48. The fraction of sp³-hybridized carbons (Fsp3) is 0.548. The maximum atomic E-state index is 16.9. The molecular weight excluding hydrogens is 555 g/mol. The summed E-state index contributed by atoms with van der Waals surface area (Å²) in [6.45, 7) is 8.87. The first-order valence-corrected chi connectivity index (χ1v) is 14.7. The van der Waals surface area contributed by atoms with Crippen molar-refractivity contribution in [1.29, 1.82) is 0 Å². The van der Waals surface area contributed by atoms with Gasteiger partial charge in [0.15, 0.2) is 28.9 Å². The molecule has 2 aromatic heterocycles. The van der Waals surface area contributed by atoms with E-state index in [4.69, 9.17) is 9.47 Å². The summed E-state index contributed by atoms with van der Waals surface area (Å²) in [6.07, 6.45) is -0.191. The molecule has 0 bridgehead atoms. The molecule has 1 aromatic carbocycles. The van der Waals surface area contributed by atoms with Gasteiger partial charge in [0.05, 0.1) is 12.7 Å². The van der Waals surface area contributed by atoms with Crippen LogP contribution in [0.4, 0.5) is 16.2 Å². The number of nitrogens with one attached hydrogen (secondary N) is 2. The molecule has 1 fully saturated rings. The molecule has 43 heavy (non-hydrogen) atoms. The van der Waals surface area contributed by atoms with Crippen LogP contribution in [0.1, 0.15) is 65.7 Å². The minimum atomic E-state index is -2.07. The molecular formula is C31H41FN6O5. The number of halogens is 1. The monoisotopic (exact) mass is 596 g/mol. The second-order valence-corrected chi connectivity index (χ2v) is 12.1. The summed E-state index contributed by atoms with van der Waals surface area (Å²) < 4.78 is 30.1. The number of carbonyl (C=O) groups is 3. The molecule has 1 aliphatic heterocycles. The average Bonchev–Trinajstić information content (AvgIpc) is 3.44. The van der Waals surface area contributed by atoms with Crippen LogP contribution >= 0.6 is 0 Å². The number of imidazole rings is 1. The van der Waals surface area contributed by atoms with Crippen molar-refractivity contribution in [2.75, 3.05) is 24.3 Å². The SMILES string of the molecule is CNc1nc(NC(=O)CC(C)C)nc2c1ncn2[C@@H]1O[C@H](COC(=O)Cc2ccccc2)[C@@H](CC(=O)CC(C)C)[C@@]1(C)F. The Morgan fingerprint density at radius 3 is 2.44 bits per heavy atom. The van der Waals surface area contributed by atoms with Gasteiger partial charge in [-0.2, -0.15) is 9.97 Å². The number of benzene rings is 1. The van der Waals surface area contributed by atoms with E-state index in [0.717, 1.165) is 5.56 Å². The van der Waals surface area contributed by atoms with E-state index in [-0.39, 0.29) is 61.0 Å². The van der Waals surface area contributed by atoms with Crippen LogP contribution in [-0.2, 0) is 30.3 Å². The summed E-state index contributed by atoms with van der Waals surface area (Å²) >= 11 is 0. The molecule has 4 atom stereocenters. The van der Waals surface area contributed by atoms with Crippen LogP contribution in [0.5, 0.6) is 0 Å². The number of rotatable bonds is 13. The van der Waals surface area contributed by atoms with Gasteiger partial charge >= 0.3 is 5.97 Å². The lowest BCUT2D eigenvalue weighted by Crippen LogP contribution is -2.38. The Hall–Kier alpha value is -3.93. The molecule has 3 heterocycles. The van der Waals surface area contributed by atoms with E-state index in [9.17, 15) is 14.4 Å². The van der Waals surface area contributed by atoms with Crippen molar-refractivity contribution >= 4 is 40.6 Å². The lowest BCUT2D eigenvalue weighted by molar-refractivity contribution is -0.148. The van der Waals surface area contributed by atoms with E-state index in [2.05, 4.69) is 25.6 Å². The van der Waals surface area contributed by atoms with Gasteiger partial charge in [0.2, 0.25) is 11.9 Å². The normalized spacial score (nSPS) is 21.8. The first-order chi connectivity index (χ1) is 20.4. The number of hydrogen-bond acceptors (Lipinski definition) is 9. The number of ketones is 1. The number of esters is 1. The largest absolute Gasteiger partial charge is 0.463 e. The maximum absolute atomic E-state index is 16.9. The molecule has 12 heteroatoms. The third kappa shape index (κ3) is 7.73. The zero-order valence-electron chi connectivity index (χ0n) is 25.6. The van der Waals surface area contributed by atoms with Crippen molar-refractivity contribution in [1.82, 2.24) is 19.5 Å². The summed E-state index contributed by atoms with van der Waals surface area (Å²) in [4.78, 5) is 51.3. The predicted octanol–water partition coefficient (Wildman–Crippen LogP) is 4.89. The minimum absolute atomic E-state index is 0.0397. The molecule has 0 aliphatic carbocycles. The van der Waals surface area contributed by atoms with E-state index in [1.54, 1.807) is 7.05 Å². The summed E-state index contributed by atoms with van der Waals surface area (Å²) in [5.41, 5.74) is -0.684. The minimum Gasteiger partial charge on any atom is -0.463 e. The van der Waals surface area contributed by atoms with Crippen molar-refractivity contribution in [3.8, 4) is 0 Å². The van der Waals surface area contributed by atoms with Gasteiger partial charge in [-0.05, 0) is 24.3 Å². The van der Waals surface area contributed by atoms with Gasteiger partial charge in [-0.1, -0.05) is 58.0 Å². The number of alkyl halides is 1. The topological polar surface area (TPSA) is 137 Å². The van der Waals surface area contributed by atoms with Gasteiger partial charge in [0.25, 0.3) is 0 Å². The molecule has 1 amide bonds. The predicted molar refractivity (Wildman–Crippen MR) is 160 cm³/mol. The Morgan fingerprint density at radius 1 is 1.09 bits per heavy atom.